The van der Waals surface area contributed by atoms with Crippen LogP contribution in [0.3, 0.4) is 0 Å². The molecule has 19 heavy (non-hydrogen) atoms. The van der Waals surface area contributed by atoms with E-state index in [4.69, 9.17) is 4.74 Å². The standard InChI is InChI=1S/C16H15NO2/c1-19-13-6-7-15-14(9-13)12(10-17-15)8-11-4-2-3-5-16(11)18/h2-7,9-10,17-18H,8H2,1H3. The van der Waals surface area contributed by atoms with Crippen molar-refractivity contribution in [2.75, 3.05) is 7.11 Å². The van der Waals surface area contributed by atoms with E-state index in [-0.39, 0.29) is 0 Å². The van der Waals surface area contributed by atoms with Gasteiger partial charge >= 0.3 is 0 Å². The lowest BCUT2D eigenvalue weighted by atomic mass is 10.0. The molecule has 0 amide bonds. The molecule has 0 saturated carbocycles. The molecule has 0 saturated heterocycles. The van der Waals surface area contributed by atoms with Crippen molar-refractivity contribution in [2.45, 2.75) is 6.42 Å². The molecule has 0 spiro atoms. The van der Waals surface area contributed by atoms with Crippen molar-refractivity contribution in [3.05, 3.63) is 59.8 Å². The molecule has 0 aliphatic heterocycles. The number of methoxy groups -OCH3 is 1. The lowest BCUT2D eigenvalue weighted by Gasteiger charge is -2.04. The van der Waals surface area contributed by atoms with Gasteiger partial charge in [-0.25, -0.2) is 0 Å². The molecule has 0 bridgehead atoms. The summed E-state index contributed by atoms with van der Waals surface area (Å²) in [5.41, 5.74) is 3.15. The largest absolute Gasteiger partial charge is 0.508 e. The van der Waals surface area contributed by atoms with Gasteiger partial charge in [-0.15, -0.1) is 0 Å². The normalized spacial score (nSPS) is 10.8. The maximum atomic E-state index is 9.85. The minimum Gasteiger partial charge on any atom is -0.508 e. The highest BCUT2D eigenvalue weighted by Gasteiger charge is 2.08. The smallest absolute Gasteiger partial charge is 0.119 e. The summed E-state index contributed by atoms with van der Waals surface area (Å²) in [5.74, 6) is 1.17. The summed E-state index contributed by atoms with van der Waals surface area (Å²) in [5, 5.41) is 11.0. The van der Waals surface area contributed by atoms with Crippen LogP contribution in [0.5, 0.6) is 11.5 Å². The highest BCUT2D eigenvalue weighted by Crippen LogP contribution is 2.27. The minimum absolute atomic E-state index is 0.333. The maximum Gasteiger partial charge on any atom is 0.119 e. The number of phenols is 1. The van der Waals surface area contributed by atoms with Gasteiger partial charge < -0.3 is 14.8 Å². The Morgan fingerprint density at radius 2 is 1.95 bits per heavy atom. The number of para-hydroxylation sites is 1. The lowest BCUT2D eigenvalue weighted by molar-refractivity contribution is 0.415. The fraction of sp³-hybridized carbons (Fsp3) is 0.125. The number of aromatic hydroxyl groups is 1. The molecule has 3 rings (SSSR count). The number of aromatic nitrogens is 1. The van der Waals surface area contributed by atoms with Crippen LogP contribution in [0.4, 0.5) is 0 Å². The van der Waals surface area contributed by atoms with Gasteiger partial charge in [0.05, 0.1) is 7.11 Å². The third-order valence-corrected chi connectivity index (χ3v) is 3.35. The minimum atomic E-state index is 0.333. The van der Waals surface area contributed by atoms with E-state index in [1.54, 1.807) is 13.2 Å². The fourth-order valence-electron chi connectivity index (χ4n) is 2.30. The Kier molecular flexibility index (Phi) is 2.88. The molecule has 3 aromatic rings. The van der Waals surface area contributed by atoms with Crippen LogP contribution in [0.15, 0.2) is 48.7 Å². The van der Waals surface area contributed by atoms with E-state index in [1.165, 1.54) is 0 Å². The number of ether oxygens (including phenoxy) is 1. The Morgan fingerprint density at radius 3 is 2.74 bits per heavy atom. The molecule has 0 radical (unpaired) electrons. The predicted octanol–water partition coefficient (Wildman–Crippen LogP) is 3.47. The van der Waals surface area contributed by atoms with Gasteiger partial charge in [0, 0.05) is 23.5 Å². The second kappa shape index (κ2) is 4.69. The zero-order valence-electron chi connectivity index (χ0n) is 10.7. The first-order valence-corrected chi connectivity index (χ1v) is 6.19. The molecule has 0 fully saturated rings. The first-order valence-electron chi connectivity index (χ1n) is 6.19. The van der Waals surface area contributed by atoms with E-state index in [9.17, 15) is 5.11 Å². The van der Waals surface area contributed by atoms with Crippen molar-refractivity contribution >= 4 is 10.9 Å². The molecule has 0 aliphatic carbocycles. The van der Waals surface area contributed by atoms with E-state index >= 15 is 0 Å². The average Bonchev–Trinajstić information content (AvgIpc) is 2.84. The summed E-state index contributed by atoms with van der Waals surface area (Å²) in [6, 6.07) is 13.4. The van der Waals surface area contributed by atoms with Gasteiger partial charge in [0.2, 0.25) is 0 Å². The monoisotopic (exact) mass is 253 g/mol. The van der Waals surface area contributed by atoms with Gasteiger partial charge in [-0.1, -0.05) is 18.2 Å². The van der Waals surface area contributed by atoms with Crippen LogP contribution in [0.25, 0.3) is 10.9 Å². The number of benzene rings is 2. The van der Waals surface area contributed by atoms with Gasteiger partial charge in [-0.05, 0) is 35.4 Å². The highest BCUT2D eigenvalue weighted by atomic mass is 16.5. The van der Waals surface area contributed by atoms with E-state index < -0.39 is 0 Å². The highest BCUT2D eigenvalue weighted by molar-refractivity contribution is 5.85. The van der Waals surface area contributed by atoms with E-state index in [2.05, 4.69) is 4.98 Å². The maximum absolute atomic E-state index is 9.85. The zero-order valence-corrected chi connectivity index (χ0v) is 10.7. The number of hydrogen-bond donors (Lipinski definition) is 2. The van der Waals surface area contributed by atoms with Crippen LogP contribution in [-0.4, -0.2) is 17.2 Å². The van der Waals surface area contributed by atoms with Crippen molar-refractivity contribution in [1.29, 1.82) is 0 Å². The molecule has 96 valence electrons. The van der Waals surface area contributed by atoms with Crippen molar-refractivity contribution in [3.63, 3.8) is 0 Å². The molecule has 0 unspecified atom stereocenters. The van der Waals surface area contributed by atoms with E-state index in [0.717, 1.165) is 27.8 Å². The Bertz CT molecular complexity index is 716. The molecule has 0 atom stereocenters. The van der Waals surface area contributed by atoms with Gasteiger partial charge in [-0.3, -0.25) is 0 Å². The average molecular weight is 253 g/mol. The van der Waals surface area contributed by atoms with E-state index in [1.807, 2.05) is 42.6 Å². The molecule has 3 heteroatoms. The van der Waals surface area contributed by atoms with Crippen molar-refractivity contribution < 1.29 is 9.84 Å². The predicted molar refractivity (Wildman–Crippen MR) is 75.8 cm³/mol. The summed E-state index contributed by atoms with van der Waals surface area (Å²) < 4.78 is 5.26. The van der Waals surface area contributed by atoms with Crippen molar-refractivity contribution in [3.8, 4) is 11.5 Å². The number of phenolic OH excluding ortho intramolecular Hbond substituents is 1. The number of rotatable bonds is 3. The first-order chi connectivity index (χ1) is 9.28. The van der Waals surface area contributed by atoms with Gasteiger partial charge in [0.1, 0.15) is 11.5 Å². The van der Waals surface area contributed by atoms with Crippen LogP contribution < -0.4 is 4.74 Å². The van der Waals surface area contributed by atoms with Crippen LogP contribution in [0.2, 0.25) is 0 Å². The first kappa shape index (κ1) is 11.7. The topological polar surface area (TPSA) is 45.2 Å². The summed E-state index contributed by atoms with van der Waals surface area (Å²) >= 11 is 0. The number of nitrogens with one attached hydrogen (secondary N) is 1. The summed E-state index contributed by atoms with van der Waals surface area (Å²) in [6.45, 7) is 0. The Morgan fingerprint density at radius 1 is 1.11 bits per heavy atom. The molecule has 2 N–H and O–H groups in total. The SMILES string of the molecule is COc1ccc2[nH]cc(Cc3ccccc3O)c2c1. The Hall–Kier alpha value is -2.42. The second-order valence-electron chi connectivity index (χ2n) is 4.53. The van der Waals surface area contributed by atoms with Gasteiger partial charge in [-0.2, -0.15) is 0 Å². The number of hydrogen-bond acceptors (Lipinski definition) is 2. The second-order valence-corrected chi connectivity index (χ2v) is 4.53. The molecule has 1 heterocycles. The van der Waals surface area contributed by atoms with Crippen molar-refractivity contribution in [2.24, 2.45) is 0 Å². The van der Waals surface area contributed by atoms with E-state index in [0.29, 0.717) is 12.2 Å². The van der Waals surface area contributed by atoms with Crippen LogP contribution >= 0.6 is 0 Å². The van der Waals surface area contributed by atoms with Crippen LogP contribution in [0.1, 0.15) is 11.1 Å². The van der Waals surface area contributed by atoms with Gasteiger partial charge in [0.15, 0.2) is 0 Å². The zero-order chi connectivity index (χ0) is 13.2. The Balaban J connectivity index is 2.03. The van der Waals surface area contributed by atoms with Gasteiger partial charge in [0.25, 0.3) is 0 Å². The third-order valence-electron chi connectivity index (χ3n) is 3.35. The lowest BCUT2D eigenvalue weighted by Crippen LogP contribution is -1.88. The molecular formula is C16H15NO2. The Labute approximate surface area is 111 Å². The molecule has 0 aliphatic rings. The fourth-order valence-corrected chi connectivity index (χ4v) is 2.30. The van der Waals surface area contributed by atoms with Crippen LogP contribution in [-0.2, 0) is 6.42 Å². The molecule has 2 aromatic carbocycles. The van der Waals surface area contributed by atoms with Crippen LogP contribution in [0, 0.1) is 0 Å². The summed E-state index contributed by atoms with van der Waals surface area (Å²) in [4.78, 5) is 3.24. The number of fused-ring (bicyclic) bond motifs is 1. The third kappa shape index (κ3) is 2.15. The molecule has 1 aromatic heterocycles. The molecule has 3 nitrogen and oxygen atoms in total. The molecular weight excluding hydrogens is 238 g/mol. The quantitative estimate of drug-likeness (QED) is 0.750. The summed E-state index contributed by atoms with van der Waals surface area (Å²) in [7, 11) is 1.66. The number of H-pyrrole nitrogens is 1. The number of aromatic amines is 1. The van der Waals surface area contributed by atoms with Crippen molar-refractivity contribution in [1.82, 2.24) is 4.98 Å². The summed E-state index contributed by atoms with van der Waals surface area (Å²) in [6.07, 6.45) is 2.68.